The molecule has 0 atom stereocenters. The van der Waals surface area contributed by atoms with Gasteiger partial charge in [-0.15, -0.1) is 49.9 Å². The first-order chi connectivity index (χ1) is 10.1. The SMILES string of the molecule is C[Si](C)[C-]([Si](C)(C)C)[Si](C)(C)C.C[Si](C)[C-]([Si](C)(C)C)[Si](C)(C)C.[Cd+2]. The van der Waals surface area contributed by atoms with Crippen LogP contribution in [-0.4, -0.2) is 49.9 Å². The van der Waals surface area contributed by atoms with Crippen LogP contribution in [0.5, 0.6) is 0 Å². The van der Waals surface area contributed by atoms with Gasteiger partial charge in [-0.25, -0.2) is 0 Å². The molecular formula is C18H48CdSi6. The molecule has 146 valence electrons. The molecule has 7 heteroatoms. The Hall–Kier alpha value is 2.22. The molecule has 0 aliphatic carbocycles. The van der Waals surface area contributed by atoms with Gasteiger partial charge in [0.05, 0.1) is 0 Å². The van der Waals surface area contributed by atoms with Gasteiger partial charge in [0.25, 0.3) is 0 Å². The molecule has 2 radical (unpaired) electrons. The van der Waals surface area contributed by atoms with Crippen LogP contribution in [0, 0.1) is 9.58 Å². The molecule has 0 unspecified atom stereocenters. The van der Waals surface area contributed by atoms with Crippen LogP contribution < -0.4 is 0 Å². The van der Waals surface area contributed by atoms with Crippen LogP contribution in [0.1, 0.15) is 0 Å². The van der Waals surface area contributed by atoms with Crippen LogP contribution in [0.25, 0.3) is 0 Å². The van der Waals surface area contributed by atoms with Crippen molar-refractivity contribution < 1.29 is 27.3 Å². The molecule has 0 aliphatic rings. The van der Waals surface area contributed by atoms with Gasteiger partial charge >= 0.3 is 27.3 Å². The molecule has 0 aromatic heterocycles. The summed E-state index contributed by atoms with van der Waals surface area (Å²) in [5, 5.41) is 0. The van der Waals surface area contributed by atoms with Gasteiger partial charge < -0.3 is 9.58 Å². The molecule has 0 fully saturated rings. The van der Waals surface area contributed by atoms with Crippen molar-refractivity contribution >= 4 is 49.9 Å². The van der Waals surface area contributed by atoms with Crippen molar-refractivity contribution in [1.82, 2.24) is 0 Å². The topological polar surface area (TPSA) is 0 Å². The molecule has 0 saturated carbocycles. The van der Waals surface area contributed by atoms with Crippen molar-refractivity contribution in [1.29, 1.82) is 0 Å². The Morgan fingerprint density at radius 3 is 0.520 bits per heavy atom. The van der Waals surface area contributed by atoms with Gasteiger partial charge in [0.2, 0.25) is 0 Å². The van der Waals surface area contributed by atoms with E-state index in [1.54, 1.807) is 0 Å². The minimum absolute atomic E-state index is 0. The van der Waals surface area contributed by atoms with E-state index in [1.165, 1.54) is 0 Å². The van der Waals surface area contributed by atoms with Gasteiger partial charge in [0.1, 0.15) is 0 Å². The Balaban J connectivity index is -0.000000372. The summed E-state index contributed by atoms with van der Waals surface area (Å²) in [7, 11) is -4.14. The van der Waals surface area contributed by atoms with Gasteiger partial charge in [-0.3, -0.25) is 0 Å². The normalized spacial score (nSPS) is 13.9. The molecule has 0 bridgehead atoms. The van der Waals surface area contributed by atoms with Crippen LogP contribution in [0.3, 0.4) is 0 Å². The van der Waals surface area contributed by atoms with E-state index in [0.717, 1.165) is 0 Å². The first kappa shape index (κ1) is 31.9. The van der Waals surface area contributed by atoms with Crippen LogP contribution in [0.2, 0.25) is 105 Å². The Morgan fingerprint density at radius 2 is 0.520 bits per heavy atom. The molecule has 0 N–H and O–H groups in total. The summed E-state index contributed by atoms with van der Waals surface area (Å²) in [5.41, 5.74) is 0. The quantitative estimate of drug-likeness (QED) is 0.244. The second-order valence-corrected chi connectivity index (χ2v) is 39.8. The molecular weight excluding hydrogens is 497 g/mol. The van der Waals surface area contributed by atoms with Gasteiger partial charge in [-0.2, -0.15) is 0 Å². The van der Waals surface area contributed by atoms with Crippen molar-refractivity contribution in [3.05, 3.63) is 9.58 Å². The second kappa shape index (κ2) is 11.4. The summed E-state index contributed by atoms with van der Waals surface area (Å²) >= 11 is 0. The van der Waals surface area contributed by atoms with E-state index in [4.69, 9.17) is 0 Å². The van der Waals surface area contributed by atoms with Crippen molar-refractivity contribution in [3.63, 3.8) is 0 Å². The second-order valence-electron chi connectivity index (χ2n) is 11.8. The van der Waals surface area contributed by atoms with E-state index in [-0.39, 0.29) is 44.9 Å². The summed E-state index contributed by atoms with van der Waals surface area (Å²) in [6, 6.07) is 0. The smallest absolute Gasteiger partial charge is 0.315 e. The maximum Gasteiger partial charge on any atom is 2.00 e. The Bertz CT molecular complexity index is 292. The zero-order valence-electron chi connectivity index (χ0n) is 20.7. The monoisotopic (exact) mass is 546 g/mol. The maximum absolute atomic E-state index is 2.51. The van der Waals surface area contributed by atoms with Crippen LogP contribution >= 0.6 is 0 Å². The number of rotatable bonds is 6. The largest absolute Gasteiger partial charge is 2.00 e. The van der Waals surface area contributed by atoms with E-state index >= 15 is 0 Å². The van der Waals surface area contributed by atoms with Gasteiger partial charge in [0, 0.05) is 0 Å². The van der Waals surface area contributed by atoms with Crippen molar-refractivity contribution in [2.45, 2.75) is 105 Å². The molecule has 0 heterocycles. The van der Waals surface area contributed by atoms with Gasteiger partial charge in [-0.1, -0.05) is 105 Å². The predicted molar refractivity (Wildman–Crippen MR) is 135 cm³/mol. The average molecular weight is 546 g/mol. The van der Waals surface area contributed by atoms with E-state index in [1.807, 2.05) is 9.58 Å². The van der Waals surface area contributed by atoms with E-state index < -0.39 is 32.3 Å². The molecule has 25 heavy (non-hydrogen) atoms. The maximum atomic E-state index is 2.51. The minimum Gasteiger partial charge on any atom is -0.315 e. The summed E-state index contributed by atoms with van der Waals surface area (Å²) < 4.78 is 0. The van der Waals surface area contributed by atoms with Gasteiger partial charge in [-0.05, 0) is 0 Å². The average Bonchev–Trinajstić information content (AvgIpc) is 2.03. The Labute approximate surface area is 190 Å². The molecule has 0 aromatic carbocycles. The third kappa shape index (κ3) is 13.1. The summed E-state index contributed by atoms with van der Waals surface area (Å²) in [6.07, 6.45) is 0. The zero-order chi connectivity index (χ0) is 20.3. The van der Waals surface area contributed by atoms with E-state index in [2.05, 4.69) is 105 Å². The first-order valence-corrected chi connectivity index (χ1v) is 28.5. The molecule has 0 rings (SSSR count). The Morgan fingerprint density at radius 1 is 0.400 bits per heavy atom. The predicted octanol–water partition coefficient (Wildman–Crippen LogP) is 7.22. The first-order valence-electron chi connectivity index (χ1n) is 9.50. The van der Waals surface area contributed by atoms with E-state index in [0.29, 0.717) is 0 Å². The molecule has 0 spiro atoms. The summed E-state index contributed by atoms with van der Waals surface area (Å²) in [6.45, 7) is 40.0. The van der Waals surface area contributed by atoms with Crippen molar-refractivity contribution in [2.75, 3.05) is 0 Å². The van der Waals surface area contributed by atoms with Crippen molar-refractivity contribution in [3.8, 4) is 0 Å². The fraction of sp³-hybridized carbons (Fsp3) is 0.889. The Kier molecular flexibility index (Phi) is 14.6. The molecule has 0 aliphatic heterocycles. The summed E-state index contributed by atoms with van der Waals surface area (Å²) in [4.78, 5) is 4.08. The van der Waals surface area contributed by atoms with Gasteiger partial charge in [0.15, 0.2) is 0 Å². The standard InChI is InChI=1S/2C9H24Si3.Cd/c2*1-10(2)9(11(3,4)5)12(6,7)8;/h2*1-8H3;/q2*-1;+2. The molecule has 0 amide bonds. The number of hydrogen-bond donors (Lipinski definition) is 0. The van der Waals surface area contributed by atoms with Crippen LogP contribution in [-0.2, 0) is 27.3 Å². The van der Waals surface area contributed by atoms with Crippen LogP contribution in [0.15, 0.2) is 0 Å². The number of hydrogen-bond acceptors (Lipinski definition) is 0. The third-order valence-corrected chi connectivity index (χ3v) is 36.0. The summed E-state index contributed by atoms with van der Waals surface area (Å²) in [5.74, 6) is 0. The van der Waals surface area contributed by atoms with Crippen molar-refractivity contribution in [2.24, 2.45) is 0 Å². The van der Waals surface area contributed by atoms with E-state index in [9.17, 15) is 0 Å². The van der Waals surface area contributed by atoms with Crippen LogP contribution in [0.4, 0.5) is 0 Å². The molecule has 0 nitrogen and oxygen atoms in total. The minimum atomic E-state index is -0.961. The third-order valence-electron chi connectivity index (χ3n) is 4.00. The fourth-order valence-corrected chi connectivity index (χ4v) is 47.2. The fourth-order valence-electron chi connectivity index (χ4n) is 5.25. The zero-order valence-corrected chi connectivity index (χ0v) is 30.7. The molecule has 0 aromatic rings. The molecule has 0 saturated heterocycles.